The van der Waals surface area contributed by atoms with Gasteiger partial charge in [-0.1, -0.05) is 22.9 Å². The van der Waals surface area contributed by atoms with Gasteiger partial charge in [-0.25, -0.2) is 8.42 Å². The van der Waals surface area contributed by atoms with E-state index in [0.717, 1.165) is 5.56 Å². The van der Waals surface area contributed by atoms with Gasteiger partial charge in [-0.05, 0) is 19.1 Å². The molecule has 1 aromatic carbocycles. The van der Waals surface area contributed by atoms with E-state index in [2.05, 4.69) is 20.0 Å². The Morgan fingerprint density at radius 2 is 1.92 bits per heavy atom. The van der Waals surface area contributed by atoms with Gasteiger partial charge in [-0.15, -0.1) is 0 Å². The lowest BCUT2D eigenvalue weighted by Crippen LogP contribution is -2.30. The van der Waals surface area contributed by atoms with Crippen molar-refractivity contribution in [3.63, 3.8) is 0 Å². The molecule has 0 spiro atoms. The average Bonchev–Trinajstić information content (AvgIpc) is 3.14. The zero-order chi connectivity index (χ0) is 17.3. The quantitative estimate of drug-likeness (QED) is 0.750. The predicted octanol–water partition coefficient (Wildman–Crippen LogP) is 1.49. The van der Waals surface area contributed by atoms with E-state index in [4.69, 9.17) is 4.52 Å². The van der Waals surface area contributed by atoms with Crippen LogP contribution in [-0.2, 0) is 17.1 Å². The summed E-state index contributed by atoms with van der Waals surface area (Å²) >= 11 is 0. The van der Waals surface area contributed by atoms with Crippen molar-refractivity contribution in [1.82, 2.24) is 24.6 Å². The van der Waals surface area contributed by atoms with E-state index in [1.165, 1.54) is 0 Å². The van der Waals surface area contributed by atoms with Gasteiger partial charge in [0.15, 0.2) is 5.82 Å². The fraction of sp³-hybridized carbons (Fsp3) is 0.267. The van der Waals surface area contributed by atoms with Gasteiger partial charge in [0.25, 0.3) is 0 Å². The Balaban J connectivity index is 1.98. The second-order valence-corrected chi connectivity index (χ2v) is 7.20. The molecule has 8 nitrogen and oxygen atoms in total. The zero-order valence-electron chi connectivity index (χ0n) is 13.5. The molecule has 0 radical (unpaired) electrons. The number of rotatable bonds is 5. The monoisotopic (exact) mass is 347 g/mol. The molecule has 1 N–H and O–H groups in total. The van der Waals surface area contributed by atoms with E-state index in [-0.39, 0.29) is 10.7 Å². The largest absolute Gasteiger partial charge is 0.340 e. The lowest BCUT2D eigenvalue weighted by Gasteiger charge is -2.14. The van der Waals surface area contributed by atoms with Gasteiger partial charge >= 0.3 is 0 Å². The third-order valence-corrected chi connectivity index (χ3v) is 4.90. The number of hydrogen-bond donors (Lipinski definition) is 1. The molecule has 24 heavy (non-hydrogen) atoms. The van der Waals surface area contributed by atoms with Gasteiger partial charge in [-0.3, -0.25) is 4.68 Å². The molecular weight excluding hydrogens is 330 g/mol. The molecule has 0 amide bonds. The van der Waals surface area contributed by atoms with Crippen LogP contribution >= 0.6 is 0 Å². The molecule has 1 atom stereocenters. The van der Waals surface area contributed by atoms with Crippen LogP contribution in [0.4, 0.5) is 0 Å². The maximum absolute atomic E-state index is 12.7. The third kappa shape index (κ3) is 3.36. The number of sulfonamides is 1. The molecule has 0 fully saturated rings. The minimum atomic E-state index is -3.76. The topological polar surface area (TPSA) is 103 Å². The minimum absolute atomic E-state index is 0.169. The first-order valence-corrected chi connectivity index (χ1v) is 8.71. The summed E-state index contributed by atoms with van der Waals surface area (Å²) in [6.07, 6.45) is 3.27. The van der Waals surface area contributed by atoms with Crippen molar-refractivity contribution in [2.75, 3.05) is 0 Å². The van der Waals surface area contributed by atoms with Crippen LogP contribution in [0.5, 0.6) is 0 Å². The summed E-state index contributed by atoms with van der Waals surface area (Å²) in [6.45, 7) is 3.54. The maximum atomic E-state index is 12.7. The van der Waals surface area contributed by atoms with E-state index in [1.54, 1.807) is 55.3 Å². The Kier molecular flexibility index (Phi) is 4.20. The van der Waals surface area contributed by atoms with Crippen molar-refractivity contribution in [1.29, 1.82) is 0 Å². The lowest BCUT2D eigenvalue weighted by molar-refractivity contribution is 0.384. The molecular formula is C15H17N5O3S. The van der Waals surface area contributed by atoms with Crippen LogP contribution in [0.3, 0.4) is 0 Å². The highest BCUT2D eigenvalue weighted by atomic mass is 32.2. The van der Waals surface area contributed by atoms with Crippen LogP contribution in [0.15, 0.2) is 46.1 Å². The fourth-order valence-electron chi connectivity index (χ4n) is 2.23. The Morgan fingerprint density at radius 1 is 1.21 bits per heavy atom. The Morgan fingerprint density at radius 3 is 2.46 bits per heavy atom. The summed E-state index contributed by atoms with van der Waals surface area (Å²) in [5.41, 5.74) is 1.60. The van der Waals surface area contributed by atoms with Crippen molar-refractivity contribution in [3.05, 3.63) is 59.5 Å². The summed E-state index contributed by atoms with van der Waals surface area (Å²) in [6, 6.07) is 5.81. The molecule has 1 unspecified atom stereocenters. The third-order valence-electron chi connectivity index (χ3n) is 3.46. The molecule has 0 bridgehead atoms. The molecule has 2 heterocycles. The fourth-order valence-corrected chi connectivity index (χ4v) is 3.41. The van der Waals surface area contributed by atoms with Crippen LogP contribution in [0.2, 0.25) is 0 Å². The van der Waals surface area contributed by atoms with Crippen molar-refractivity contribution >= 4 is 10.0 Å². The molecule has 2 aromatic heterocycles. The molecule has 3 aromatic rings. The van der Waals surface area contributed by atoms with Gasteiger partial charge in [0.1, 0.15) is 6.04 Å². The normalized spacial score (nSPS) is 13.1. The molecule has 0 aliphatic heterocycles. The van der Waals surface area contributed by atoms with Gasteiger partial charge in [0, 0.05) is 25.7 Å². The van der Waals surface area contributed by atoms with E-state index >= 15 is 0 Å². The van der Waals surface area contributed by atoms with Crippen molar-refractivity contribution in [2.45, 2.75) is 24.8 Å². The minimum Gasteiger partial charge on any atom is -0.340 e. The predicted molar refractivity (Wildman–Crippen MR) is 85.6 cm³/mol. The second-order valence-electron chi connectivity index (χ2n) is 5.49. The zero-order valence-corrected chi connectivity index (χ0v) is 14.3. The smallest absolute Gasteiger partial charge is 0.241 e. The first-order valence-electron chi connectivity index (χ1n) is 7.23. The Bertz CT molecular complexity index is 903. The second kappa shape index (κ2) is 6.17. The summed E-state index contributed by atoms with van der Waals surface area (Å²) in [5.74, 6) is 0.588. The van der Waals surface area contributed by atoms with Gasteiger partial charge in [-0.2, -0.15) is 14.8 Å². The van der Waals surface area contributed by atoms with Crippen molar-refractivity contribution in [2.24, 2.45) is 7.05 Å². The first kappa shape index (κ1) is 16.3. The highest BCUT2D eigenvalue weighted by Gasteiger charge is 2.27. The van der Waals surface area contributed by atoms with Gasteiger partial charge < -0.3 is 4.52 Å². The number of aryl methyl sites for hydroxylation is 3. The molecule has 126 valence electrons. The summed E-state index contributed by atoms with van der Waals surface area (Å²) in [7, 11) is -2.02. The van der Waals surface area contributed by atoms with Crippen molar-refractivity contribution < 1.29 is 12.9 Å². The summed E-state index contributed by atoms with van der Waals surface area (Å²) in [4.78, 5) is 4.32. The van der Waals surface area contributed by atoms with E-state index in [0.29, 0.717) is 11.5 Å². The van der Waals surface area contributed by atoms with E-state index in [9.17, 15) is 8.42 Å². The van der Waals surface area contributed by atoms with Crippen LogP contribution in [0.25, 0.3) is 0 Å². The number of benzene rings is 1. The molecule has 0 saturated heterocycles. The number of aromatic nitrogens is 4. The van der Waals surface area contributed by atoms with E-state index in [1.807, 2.05) is 6.92 Å². The standard InChI is InChI=1S/C15H17N5O3S/c1-10-4-6-13(7-5-10)24(21,22)19-14(12-8-16-20(3)9-12)15-17-11(2)23-18-15/h4-9,14,19H,1-3H3. The average molecular weight is 347 g/mol. The lowest BCUT2D eigenvalue weighted by atomic mass is 10.2. The number of nitrogens with one attached hydrogen (secondary N) is 1. The first-order chi connectivity index (χ1) is 11.3. The van der Waals surface area contributed by atoms with E-state index < -0.39 is 16.1 Å². The van der Waals surface area contributed by atoms with Crippen LogP contribution in [0, 0.1) is 13.8 Å². The van der Waals surface area contributed by atoms with Crippen LogP contribution < -0.4 is 4.72 Å². The molecule has 0 aliphatic rings. The molecule has 3 rings (SSSR count). The highest BCUT2D eigenvalue weighted by Crippen LogP contribution is 2.22. The van der Waals surface area contributed by atoms with Crippen molar-refractivity contribution in [3.8, 4) is 0 Å². The summed E-state index contributed by atoms with van der Waals surface area (Å²) < 4.78 is 34.6. The molecule has 9 heteroatoms. The van der Waals surface area contributed by atoms with Crippen LogP contribution in [0.1, 0.15) is 28.9 Å². The number of hydrogen-bond acceptors (Lipinski definition) is 6. The maximum Gasteiger partial charge on any atom is 0.241 e. The Hall–Kier alpha value is -2.52. The van der Waals surface area contributed by atoms with Gasteiger partial charge in [0.05, 0.1) is 11.1 Å². The summed E-state index contributed by atoms with van der Waals surface area (Å²) in [5, 5.41) is 7.92. The van der Waals surface area contributed by atoms with Crippen LogP contribution in [-0.4, -0.2) is 28.3 Å². The molecule has 0 aliphatic carbocycles. The SMILES string of the molecule is Cc1ccc(S(=O)(=O)NC(c2cnn(C)c2)c2noc(C)n2)cc1. The molecule has 0 saturated carbocycles. The Labute approximate surface area is 139 Å². The highest BCUT2D eigenvalue weighted by molar-refractivity contribution is 7.89. The van der Waals surface area contributed by atoms with Gasteiger partial charge in [0.2, 0.25) is 15.9 Å². The number of nitrogens with zero attached hydrogens (tertiary/aromatic N) is 4.